The van der Waals surface area contributed by atoms with Gasteiger partial charge in [-0.25, -0.2) is 38.4 Å². The van der Waals surface area contributed by atoms with E-state index in [-0.39, 0.29) is 52.7 Å². The quantitative estimate of drug-likeness (QED) is 0.287. The molecule has 16 heteroatoms. The molecule has 0 bridgehead atoms. The Bertz CT molecular complexity index is 1830. The van der Waals surface area contributed by atoms with E-state index in [4.69, 9.17) is 14.2 Å². The van der Waals surface area contributed by atoms with Crippen LogP contribution in [0.4, 0.5) is 36.0 Å². The van der Waals surface area contributed by atoms with Crippen LogP contribution in [0.1, 0.15) is 32.2 Å². The van der Waals surface area contributed by atoms with E-state index in [9.17, 15) is 19.5 Å². The normalized spacial score (nSPS) is 15.6. The maximum atomic E-state index is 16.4. The predicted octanol–water partition coefficient (Wildman–Crippen LogP) is 4.73. The highest BCUT2D eigenvalue weighted by atomic mass is 19.1. The van der Waals surface area contributed by atoms with E-state index in [1.807, 2.05) is 0 Å². The standard InChI is InChI=1S/C29H29FN8O7/c1-14-18(10-32-25-24(14)37(28(41)42)5-6-43-25)17-7-15-8-20(35-26(39)44-16-9-21-33-13-34-38(21)12-16)31-11-19(15)23(22(17)30)36-27(40)45-29(2,3)4/h7-8,10-11,13,16H,5-6,9,12H2,1-4H3,(H,36,40)(H,41,42)(H,31,35,39). The molecule has 5 heterocycles. The fourth-order valence-electron chi connectivity index (χ4n) is 5.29. The molecule has 0 saturated carbocycles. The number of rotatable bonds is 4. The first kappa shape index (κ1) is 29.5. The highest BCUT2D eigenvalue weighted by molar-refractivity contribution is 6.04. The molecule has 45 heavy (non-hydrogen) atoms. The maximum Gasteiger partial charge on any atom is 0.413 e. The number of anilines is 3. The average molecular weight is 621 g/mol. The predicted molar refractivity (Wildman–Crippen MR) is 158 cm³/mol. The summed E-state index contributed by atoms with van der Waals surface area (Å²) in [5.74, 6) is 0.0918. The van der Waals surface area contributed by atoms with Crippen molar-refractivity contribution >= 4 is 46.2 Å². The number of aromatic nitrogens is 5. The van der Waals surface area contributed by atoms with Gasteiger partial charge in [-0.2, -0.15) is 5.10 Å². The van der Waals surface area contributed by atoms with Gasteiger partial charge in [-0.1, -0.05) is 0 Å². The van der Waals surface area contributed by atoms with Crippen LogP contribution in [0.2, 0.25) is 0 Å². The second-order valence-electron chi connectivity index (χ2n) is 11.5. The molecule has 15 nitrogen and oxygen atoms in total. The molecule has 0 saturated heterocycles. The minimum atomic E-state index is -1.21. The van der Waals surface area contributed by atoms with Crippen LogP contribution < -0.4 is 20.3 Å². The first-order valence-corrected chi connectivity index (χ1v) is 14.0. The molecule has 0 spiro atoms. The molecule has 1 atom stereocenters. The Morgan fingerprint density at radius 2 is 1.89 bits per heavy atom. The monoisotopic (exact) mass is 620 g/mol. The van der Waals surface area contributed by atoms with Crippen LogP contribution in [0.3, 0.4) is 0 Å². The second kappa shape index (κ2) is 11.2. The fourth-order valence-corrected chi connectivity index (χ4v) is 5.29. The fraction of sp³-hybridized carbons (Fsp3) is 0.345. The molecule has 2 aliphatic rings. The van der Waals surface area contributed by atoms with E-state index in [0.717, 1.165) is 4.90 Å². The van der Waals surface area contributed by atoms with Gasteiger partial charge >= 0.3 is 18.3 Å². The van der Waals surface area contributed by atoms with Crippen LogP contribution in [0, 0.1) is 12.7 Å². The lowest BCUT2D eigenvalue weighted by atomic mass is 9.96. The van der Waals surface area contributed by atoms with Gasteiger partial charge in [-0.05, 0) is 50.8 Å². The van der Waals surface area contributed by atoms with E-state index in [1.54, 1.807) is 32.4 Å². The van der Waals surface area contributed by atoms with Gasteiger partial charge < -0.3 is 19.3 Å². The second-order valence-corrected chi connectivity index (χ2v) is 11.5. The minimum Gasteiger partial charge on any atom is -0.474 e. The summed E-state index contributed by atoms with van der Waals surface area (Å²) < 4.78 is 34.5. The Balaban J connectivity index is 1.38. The molecule has 3 N–H and O–H groups in total. The summed E-state index contributed by atoms with van der Waals surface area (Å²) in [4.78, 5) is 51.2. The summed E-state index contributed by atoms with van der Waals surface area (Å²) in [6, 6.07) is 2.99. The number of hydrogen-bond acceptors (Lipinski definition) is 10. The molecule has 1 aromatic carbocycles. The zero-order valence-corrected chi connectivity index (χ0v) is 24.8. The molecule has 1 unspecified atom stereocenters. The minimum absolute atomic E-state index is 0.00451. The molecule has 3 aromatic heterocycles. The molecule has 234 valence electrons. The number of nitrogens with zero attached hydrogens (tertiary/aromatic N) is 6. The highest BCUT2D eigenvalue weighted by Gasteiger charge is 2.30. The third kappa shape index (κ3) is 5.85. The summed E-state index contributed by atoms with van der Waals surface area (Å²) >= 11 is 0. The van der Waals surface area contributed by atoms with Gasteiger partial charge in [0, 0.05) is 35.3 Å². The van der Waals surface area contributed by atoms with Crippen LogP contribution >= 0.6 is 0 Å². The van der Waals surface area contributed by atoms with Gasteiger partial charge in [-0.3, -0.25) is 15.5 Å². The number of carbonyl (C=O) groups excluding carboxylic acids is 2. The maximum absolute atomic E-state index is 16.4. The number of pyridine rings is 2. The van der Waals surface area contributed by atoms with Crippen LogP contribution in [0.15, 0.2) is 30.9 Å². The lowest BCUT2D eigenvalue weighted by Crippen LogP contribution is -2.37. The van der Waals surface area contributed by atoms with Gasteiger partial charge in [0.25, 0.3) is 0 Å². The van der Waals surface area contributed by atoms with E-state index in [2.05, 4.69) is 30.7 Å². The van der Waals surface area contributed by atoms with E-state index in [0.29, 0.717) is 29.7 Å². The zero-order chi connectivity index (χ0) is 32.0. The lowest BCUT2D eigenvalue weighted by Gasteiger charge is -2.29. The number of halogens is 1. The number of amides is 3. The van der Waals surface area contributed by atoms with E-state index < -0.39 is 35.8 Å². The number of carboxylic acid groups (broad SMARTS) is 1. The molecule has 0 radical (unpaired) electrons. The van der Waals surface area contributed by atoms with Gasteiger partial charge in [0.2, 0.25) is 5.88 Å². The van der Waals surface area contributed by atoms with Crippen molar-refractivity contribution in [2.24, 2.45) is 0 Å². The average Bonchev–Trinajstić information content (AvgIpc) is 3.55. The van der Waals surface area contributed by atoms with Gasteiger partial charge in [0.1, 0.15) is 42.0 Å². The van der Waals surface area contributed by atoms with Crippen molar-refractivity contribution < 1.29 is 38.1 Å². The van der Waals surface area contributed by atoms with Crippen LogP contribution in [-0.2, 0) is 22.4 Å². The number of ether oxygens (including phenoxy) is 3. The number of nitrogens with one attached hydrogen (secondary N) is 2. The number of benzene rings is 1. The van der Waals surface area contributed by atoms with Gasteiger partial charge in [0.05, 0.1) is 18.8 Å². The molecule has 4 aromatic rings. The largest absolute Gasteiger partial charge is 0.474 e. The third-order valence-electron chi connectivity index (χ3n) is 7.19. The molecule has 6 rings (SSSR count). The van der Waals surface area contributed by atoms with Crippen molar-refractivity contribution in [2.45, 2.75) is 52.4 Å². The molecule has 0 fully saturated rings. The number of fused-ring (bicyclic) bond motifs is 3. The lowest BCUT2D eigenvalue weighted by molar-refractivity contribution is 0.0635. The molecular formula is C29H29FN8O7. The molecule has 3 amide bonds. The summed E-state index contributed by atoms with van der Waals surface area (Å²) in [6.45, 7) is 7.20. The van der Waals surface area contributed by atoms with Crippen LogP contribution in [0.25, 0.3) is 21.9 Å². The molecule has 2 aliphatic heterocycles. The number of hydrogen-bond donors (Lipinski definition) is 3. The van der Waals surface area contributed by atoms with Crippen molar-refractivity contribution in [2.75, 3.05) is 28.7 Å². The Labute approximate surface area is 255 Å². The van der Waals surface area contributed by atoms with Crippen molar-refractivity contribution in [1.29, 1.82) is 0 Å². The Morgan fingerprint density at radius 1 is 1.09 bits per heavy atom. The van der Waals surface area contributed by atoms with Gasteiger partial charge in [0.15, 0.2) is 5.82 Å². The topological polar surface area (TPSA) is 183 Å². The van der Waals surface area contributed by atoms with Gasteiger partial charge in [-0.15, -0.1) is 0 Å². The summed E-state index contributed by atoms with van der Waals surface area (Å²) in [5.41, 5.74) is -0.242. The Morgan fingerprint density at radius 3 is 2.62 bits per heavy atom. The summed E-state index contributed by atoms with van der Waals surface area (Å²) in [5, 5.41) is 19.5. The zero-order valence-electron chi connectivity index (χ0n) is 24.8. The van der Waals surface area contributed by atoms with Crippen molar-refractivity contribution in [3.8, 4) is 17.0 Å². The first-order valence-electron chi connectivity index (χ1n) is 14.0. The SMILES string of the molecule is Cc1c(-c2cc3cc(NC(=O)OC4Cc5ncnn5C4)ncc3c(NC(=O)OC(C)(C)C)c2F)cnc2c1N(C(=O)O)CCO2. The molecule has 0 aliphatic carbocycles. The van der Waals surface area contributed by atoms with Crippen molar-refractivity contribution in [3.05, 3.63) is 48.1 Å². The Kier molecular flexibility index (Phi) is 7.34. The van der Waals surface area contributed by atoms with E-state index >= 15 is 4.39 Å². The third-order valence-corrected chi connectivity index (χ3v) is 7.19. The summed E-state index contributed by atoms with van der Waals surface area (Å²) in [7, 11) is 0. The van der Waals surface area contributed by atoms with Crippen molar-refractivity contribution in [1.82, 2.24) is 24.7 Å². The highest BCUT2D eigenvalue weighted by Crippen LogP contribution is 2.42. The van der Waals surface area contributed by atoms with Crippen LogP contribution in [0.5, 0.6) is 5.88 Å². The smallest absolute Gasteiger partial charge is 0.413 e. The Hall–Kier alpha value is -5.54. The summed E-state index contributed by atoms with van der Waals surface area (Å²) in [6.07, 6.45) is 1.21. The van der Waals surface area contributed by atoms with Crippen molar-refractivity contribution in [3.63, 3.8) is 0 Å². The first-order chi connectivity index (χ1) is 21.4. The van der Waals surface area contributed by atoms with Crippen LogP contribution in [-0.4, -0.2) is 73.0 Å². The number of carbonyl (C=O) groups is 3. The van der Waals surface area contributed by atoms with E-state index in [1.165, 1.54) is 30.9 Å². The molecular weight excluding hydrogens is 591 g/mol.